The number of aliphatic hydroxyl groups excluding tert-OH is 1. The van der Waals surface area contributed by atoms with Crippen molar-refractivity contribution in [2.45, 2.75) is 20.0 Å². The molecule has 0 amide bonds. The molecule has 0 spiro atoms. The number of hydrogen-bond donors (Lipinski definition) is 2. The number of aromatic nitrogens is 1. The van der Waals surface area contributed by atoms with Gasteiger partial charge < -0.3 is 10.4 Å². The maximum atomic E-state index is 9.63. The molecular formula is C9H16N2OS. The lowest BCUT2D eigenvalue weighted by atomic mass is 10.2. The molecule has 1 heterocycles. The minimum atomic E-state index is -0.411. The third-order valence-electron chi connectivity index (χ3n) is 1.67. The summed E-state index contributed by atoms with van der Waals surface area (Å²) < 4.78 is 0. The van der Waals surface area contributed by atoms with Crippen LogP contribution in [0.15, 0.2) is 11.7 Å². The number of aliphatic hydroxyl groups is 1. The first-order chi connectivity index (χ1) is 6.20. The van der Waals surface area contributed by atoms with E-state index in [9.17, 15) is 5.11 Å². The van der Waals surface area contributed by atoms with Gasteiger partial charge in [0.1, 0.15) is 6.10 Å². The summed E-state index contributed by atoms with van der Waals surface area (Å²) in [6, 6.07) is 0. The van der Waals surface area contributed by atoms with E-state index in [0.717, 1.165) is 11.4 Å². The zero-order chi connectivity index (χ0) is 9.68. The molecule has 1 aromatic rings. The van der Waals surface area contributed by atoms with Gasteiger partial charge in [-0.3, -0.25) is 4.98 Å². The van der Waals surface area contributed by atoms with Gasteiger partial charge >= 0.3 is 0 Å². The van der Waals surface area contributed by atoms with Gasteiger partial charge in [0.2, 0.25) is 0 Å². The molecule has 0 bridgehead atoms. The van der Waals surface area contributed by atoms with Gasteiger partial charge in [0.05, 0.1) is 10.4 Å². The van der Waals surface area contributed by atoms with Crippen LogP contribution in [0.3, 0.4) is 0 Å². The molecule has 1 atom stereocenters. The molecule has 1 unspecified atom stereocenters. The SMILES string of the molecule is CC(C)CNCC(O)c1cncs1. The van der Waals surface area contributed by atoms with Gasteiger partial charge in [-0.1, -0.05) is 13.8 Å². The van der Waals surface area contributed by atoms with Gasteiger partial charge in [-0.15, -0.1) is 11.3 Å². The first-order valence-electron chi connectivity index (χ1n) is 4.47. The predicted octanol–water partition coefficient (Wildman–Crippen LogP) is 1.42. The lowest BCUT2D eigenvalue weighted by molar-refractivity contribution is 0.177. The molecule has 0 saturated carbocycles. The fourth-order valence-electron chi connectivity index (χ4n) is 1.000. The first kappa shape index (κ1) is 10.6. The maximum Gasteiger partial charge on any atom is 0.102 e. The van der Waals surface area contributed by atoms with Crippen molar-refractivity contribution in [2.75, 3.05) is 13.1 Å². The van der Waals surface area contributed by atoms with Gasteiger partial charge in [0, 0.05) is 12.7 Å². The molecule has 0 aliphatic rings. The van der Waals surface area contributed by atoms with Gasteiger partial charge in [0.25, 0.3) is 0 Å². The van der Waals surface area contributed by atoms with Crippen LogP contribution in [0.1, 0.15) is 24.8 Å². The third kappa shape index (κ3) is 3.85. The highest BCUT2D eigenvalue weighted by Crippen LogP contribution is 2.15. The Labute approximate surface area is 82.8 Å². The van der Waals surface area contributed by atoms with Crippen molar-refractivity contribution in [3.05, 3.63) is 16.6 Å². The van der Waals surface area contributed by atoms with Crippen LogP contribution < -0.4 is 5.32 Å². The van der Waals surface area contributed by atoms with Crippen LogP contribution in [0.5, 0.6) is 0 Å². The maximum absolute atomic E-state index is 9.63. The Morgan fingerprint density at radius 2 is 2.31 bits per heavy atom. The molecule has 0 radical (unpaired) electrons. The Balaban J connectivity index is 2.22. The smallest absolute Gasteiger partial charge is 0.102 e. The van der Waals surface area contributed by atoms with Crippen molar-refractivity contribution < 1.29 is 5.11 Å². The number of nitrogens with zero attached hydrogens (tertiary/aromatic N) is 1. The van der Waals surface area contributed by atoms with E-state index in [-0.39, 0.29) is 0 Å². The highest BCUT2D eigenvalue weighted by Gasteiger charge is 2.08. The molecule has 0 aliphatic carbocycles. The Morgan fingerprint density at radius 1 is 1.54 bits per heavy atom. The van der Waals surface area contributed by atoms with Crippen molar-refractivity contribution in [1.29, 1.82) is 0 Å². The molecule has 2 N–H and O–H groups in total. The van der Waals surface area contributed by atoms with E-state index in [4.69, 9.17) is 0 Å². The van der Waals surface area contributed by atoms with Gasteiger partial charge in [-0.25, -0.2) is 0 Å². The zero-order valence-corrected chi connectivity index (χ0v) is 8.84. The van der Waals surface area contributed by atoms with Gasteiger partial charge in [0.15, 0.2) is 0 Å². The molecule has 3 nitrogen and oxygen atoms in total. The minimum absolute atomic E-state index is 0.411. The fourth-order valence-corrected chi connectivity index (χ4v) is 1.61. The minimum Gasteiger partial charge on any atom is -0.386 e. The summed E-state index contributed by atoms with van der Waals surface area (Å²) in [7, 11) is 0. The van der Waals surface area contributed by atoms with Crippen LogP contribution in [0, 0.1) is 5.92 Å². The molecule has 0 saturated heterocycles. The monoisotopic (exact) mass is 200 g/mol. The van der Waals surface area contributed by atoms with Crippen LogP contribution in [0.4, 0.5) is 0 Å². The average molecular weight is 200 g/mol. The molecule has 1 aromatic heterocycles. The molecule has 0 aliphatic heterocycles. The number of hydrogen-bond acceptors (Lipinski definition) is 4. The van der Waals surface area contributed by atoms with E-state index < -0.39 is 6.10 Å². The standard InChI is InChI=1S/C9H16N2OS/c1-7(2)3-10-4-8(12)9-5-11-6-13-9/h5-8,10,12H,3-4H2,1-2H3. The summed E-state index contributed by atoms with van der Waals surface area (Å²) >= 11 is 1.49. The first-order valence-corrected chi connectivity index (χ1v) is 5.35. The quantitative estimate of drug-likeness (QED) is 0.755. The van der Waals surface area contributed by atoms with Crippen molar-refractivity contribution in [3.63, 3.8) is 0 Å². The number of nitrogens with one attached hydrogen (secondary N) is 1. The van der Waals surface area contributed by atoms with Crippen LogP contribution >= 0.6 is 11.3 Å². The van der Waals surface area contributed by atoms with Crippen molar-refractivity contribution in [3.8, 4) is 0 Å². The van der Waals surface area contributed by atoms with E-state index in [1.54, 1.807) is 11.7 Å². The molecule has 13 heavy (non-hydrogen) atoms. The second-order valence-electron chi connectivity index (χ2n) is 3.47. The highest BCUT2D eigenvalue weighted by atomic mass is 32.1. The van der Waals surface area contributed by atoms with Crippen LogP contribution in [-0.4, -0.2) is 23.2 Å². The van der Waals surface area contributed by atoms with Crippen LogP contribution in [0.25, 0.3) is 0 Å². The lowest BCUT2D eigenvalue weighted by Gasteiger charge is -2.10. The molecule has 0 fully saturated rings. The summed E-state index contributed by atoms with van der Waals surface area (Å²) in [5.41, 5.74) is 1.74. The molecule has 4 heteroatoms. The Hall–Kier alpha value is -0.450. The lowest BCUT2D eigenvalue weighted by Crippen LogP contribution is -2.24. The van der Waals surface area contributed by atoms with E-state index in [0.29, 0.717) is 12.5 Å². The fraction of sp³-hybridized carbons (Fsp3) is 0.667. The summed E-state index contributed by atoms with van der Waals surface area (Å²) in [6.07, 6.45) is 1.30. The average Bonchev–Trinajstić information content (AvgIpc) is 2.55. The van der Waals surface area contributed by atoms with Crippen LogP contribution in [-0.2, 0) is 0 Å². The highest BCUT2D eigenvalue weighted by molar-refractivity contribution is 7.09. The zero-order valence-electron chi connectivity index (χ0n) is 8.03. The van der Waals surface area contributed by atoms with E-state index in [1.165, 1.54) is 11.3 Å². The third-order valence-corrected chi connectivity index (χ3v) is 2.55. The van der Waals surface area contributed by atoms with Gasteiger partial charge in [-0.2, -0.15) is 0 Å². The van der Waals surface area contributed by atoms with E-state index in [1.807, 2.05) is 0 Å². The molecule has 74 valence electrons. The summed E-state index contributed by atoms with van der Waals surface area (Å²) in [4.78, 5) is 4.84. The van der Waals surface area contributed by atoms with Crippen LogP contribution in [0.2, 0.25) is 0 Å². The van der Waals surface area contributed by atoms with E-state index in [2.05, 4.69) is 24.1 Å². The van der Waals surface area contributed by atoms with Crippen molar-refractivity contribution in [2.24, 2.45) is 5.92 Å². The van der Waals surface area contributed by atoms with Crippen molar-refractivity contribution >= 4 is 11.3 Å². The topological polar surface area (TPSA) is 45.1 Å². The second kappa shape index (κ2) is 5.32. The summed E-state index contributed by atoms with van der Waals surface area (Å²) in [6.45, 7) is 5.84. The summed E-state index contributed by atoms with van der Waals surface area (Å²) in [5, 5.41) is 12.8. The second-order valence-corrected chi connectivity index (χ2v) is 4.39. The summed E-state index contributed by atoms with van der Waals surface area (Å²) in [5.74, 6) is 0.619. The number of thiazole rings is 1. The van der Waals surface area contributed by atoms with E-state index >= 15 is 0 Å². The van der Waals surface area contributed by atoms with Gasteiger partial charge in [-0.05, 0) is 12.5 Å². The van der Waals surface area contributed by atoms with Crippen molar-refractivity contribution in [1.82, 2.24) is 10.3 Å². The predicted molar refractivity (Wildman–Crippen MR) is 54.8 cm³/mol. The largest absolute Gasteiger partial charge is 0.386 e. The Morgan fingerprint density at radius 3 is 2.85 bits per heavy atom. The molecular weight excluding hydrogens is 184 g/mol. The Bertz CT molecular complexity index is 224. The molecule has 1 rings (SSSR count). The number of rotatable bonds is 5. The normalized spacial score (nSPS) is 13.5. The Kier molecular flexibility index (Phi) is 4.35. The molecule has 0 aromatic carbocycles.